The lowest BCUT2D eigenvalue weighted by molar-refractivity contribution is 1.02. The van der Waals surface area contributed by atoms with E-state index in [-0.39, 0.29) is 0 Å². The Bertz CT molecular complexity index is 323. The molecule has 0 saturated heterocycles. The molecule has 1 aromatic rings. The van der Waals surface area contributed by atoms with Crippen molar-refractivity contribution in [1.29, 1.82) is 0 Å². The molecule has 0 fully saturated rings. The molecule has 0 saturated carbocycles. The molecule has 1 heteroatoms. The van der Waals surface area contributed by atoms with Crippen LogP contribution in [0, 0.1) is 0 Å². The molecule has 1 aliphatic carbocycles. The van der Waals surface area contributed by atoms with Crippen molar-refractivity contribution in [1.82, 2.24) is 0 Å². The standard InChI is InChI=1S/C12H13N.3C2H6/c1-3-7-11(8-4-1)13-12-9-5-2-6-10-12;3*1-2/h1,3-5,7-10,13H,2,6H2;3*1-2H3. The molecule has 1 aromatic carbocycles. The summed E-state index contributed by atoms with van der Waals surface area (Å²) in [5.74, 6) is 0. The lowest BCUT2D eigenvalue weighted by Crippen LogP contribution is -1.98. The second-order valence-electron chi connectivity index (χ2n) is 3.13. The Morgan fingerprint density at radius 1 is 0.789 bits per heavy atom. The SMILES string of the molecule is C1=CC(Nc2ccccc2)=CCC1.CC.CC.CC. The normalized spacial score (nSPS) is 11.4. The number of anilines is 1. The van der Waals surface area contributed by atoms with Gasteiger partial charge in [-0.05, 0) is 31.1 Å². The van der Waals surface area contributed by atoms with Gasteiger partial charge in [0.05, 0.1) is 0 Å². The highest BCUT2D eigenvalue weighted by Gasteiger charge is 1.96. The second-order valence-corrected chi connectivity index (χ2v) is 3.13. The van der Waals surface area contributed by atoms with E-state index in [1.54, 1.807) is 0 Å². The summed E-state index contributed by atoms with van der Waals surface area (Å²) in [7, 11) is 0. The van der Waals surface area contributed by atoms with Crippen molar-refractivity contribution in [3.8, 4) is 0 Å². The molecule has 108 valence electrons. The van der Waals surface area contributed by atoms with Crippen molar-refractivity contribution < 1.29 is 0 Å². The molecule has 2 rings (SSSR count). The van der Waals surface area contributed by atoms with E-state index in [1.165, 1.54) is 12.1 Å². The highest BCUT2D eigenvalue weighted by Crippen LogP contribution is 2.14. The molecule has 0 unspecified atom stereocenters. The largest absolute Gasteiger partial charge is 0.356 e. The molecule has 0 heterocycles. The van der Waals surface area contributed by atoms with Crippen molar-refractivity contribution in [2.45, 2.75) is 54.4 Å². The van der Waals surface area contributed by atoms with Crippen LogP contribution >= 0.6 is 0 Å². The maximum Gasteiger partial charge on any atom is 0.0384 e. The zero-order valence-corrected chi connectivity index (χ0v) is 13.5. The summed E-state index contributed by atoms with van der Waals surface area (Å²) in [5.41, 5.74) is 2.36. The number of hydrogen-bond donors (Lipinski definition) is 1. The molecular weight excluding hydrogens is 230 g/mol. The van der Waals surface area contributed by atoms with Crippen LogP contribution in [0.1, 0.15) is 54.4 Å². The van der Waals surface area contributed by atoms with E-state index < -0.39 is 0 Å². The Labute approximate surface area is 120 Å². The second kappa shape index (κ2) is 16.5. The predicted octanol–water partition coefficient (Wildman–Crippen LogP) is 6.41. The summed E-state index contributed by atoms with van der Waals surface area (Å²) in [6.45, 7) is 12.0. The van der Waals surface area contributed by atoms with E-state index in [0.717, 1.165) is 12.1 Å². The van der Waals surface area contributed by atoms with E-state index in [4.69, 9.17) is 0 Å². The third-order valence-electron chi connectivity index (χ3n) is 2.06. The van der Waals surface area contributed by atoms with Gasteiger partial charge in [-0.1, -0.05) is 71.9 Å². The molecule has 0 bridgehead atoms. The van der Waals surface area contributed by atoms with Crippen LogP contribution < -0.4 is 5.32 Å². The Hall–Kier alpha value is -1.50. The number of allylic oxidation sites excluding steroid dienone is 3. The van der Waals surface area contributed by atoms with Gasteiger partial charge in [-0.25, -0.2) is 0 Å². The van der Waals surface area contributed by atoms with Crippen molar-refractivity contribution in [2.24, 2.45) is 0 Å². The molecule has 0 amide bonds. The first-order valence-corrected chi connectivity index (χ1v) is 7.64. The maximum absolute atomic E-state index is 3.36. The Morgan fingerprint density at radius 3 is 1.84 bits per heavy atom. The molecule has 19 heavy (non-hydrogen) atoms. The third-order valence-corrected chi connectivity index (χ3v) is 2.06. The lowest BCUT2D eigenvalue weighted by Gasteiger charge is -2.09. The van der Waals surface area contributed by atoms with Gasteiger partial charge < -0.3 is 5.32 Å². The smallest absolute Gasteiger partial charge is 0.0384 e. The van der Waals surface area contributed by atoms with E-state index in [2.05, 4.69) is 35.7 Å². The van der Waals surface area contributed by atoms with E-state index in [9.17, 15) is 0 Å². The summed E-state index contributed by atoms with van der Waals surface area (Å²) < 4.78 is 0. The number of rotatable bonds is 2. The maximum atomic E-state index is 3.36. The number of para-hydroxylation sites is 1. The fourth-order valence-electron chi connectivity index (χ4n) is 1.39. The van der Waals surface area contributed by atoms with E-state index in [0.29, 0.717) is 0 Å². The summed E-state index contributed by atoms with van der Waals surface area (Å²) in [6, 6.07) is 10.2. The van der Waals surface area contributed by atoms with Crippen LogP contribution in [-0.2, 0) is 0 Å². The Kier molecular flexibility index (Phi) is 17.2. The van der Waals surface area contributed by atoms with Gasteiger partial charge in [0.2, 0.25) is 0 Å². The van der Waals surface area contributed by atoms with Crippen LogP contribution in [0.4, 0.5) is 5.69 Å². The zero-order chi connectivity index (χ0) is 14.9. The van der Waals surface area contributed by atoms with Gasteiger partial charge in [-0.3, -0.25) is 0 Å². The molecule has 0 radical (unpaired) electrons. The van der Waals surface area contributed by atoms with Crippen molar-refractivity contribution in [3.63, 3.8) is 0 Å². The molecule has 1 N–H and O–H groups in total. The predicted molar refractivity (Wildman–Crippen MR) is 90.6 cm³/mol. The zero-order valence-electron chi connectivity index (χ0n) is 13.5. The number of hydrogen-bond acceptors (Lipinski definition) is 1. The first kappa shape index (κ1) is 19.8. The van der Waals surface area contributed by atoms with Gasteiger partial charge in [-0.15, -0.1) is 0 Å². The number of benzene rings is 1. The van der Waals surface area contributed by atoms with E-state index >= 15 is 0 Å². The molecule has 1 nitrogen and oxygen atoms in total. The Morgan fingerprint density at radius 2 is 1.37 bits per heavy atom. The molecule has 0 aliphatic heterocycles. The minimum absolute atomic E-state index is 1.14. The van der Waals surface area contributed by atoms with Crippen LogP contribution in [0.2, 0.25) is 0 Å². The van der Waals surface area contributed by atoms with Crippen LogP contribution in [-0.4, -0.2) is 0 Å². The summed E-state index contributed by atoms with van der Waals surface area (Å²) in [4.78, 5) is 0. The summed E-state index contributed by atoms with van der Waals surface area (Å²) in [5, 5.41) is 3.36. The molecule has 0 spiro atoms. The monoisotopic (exact) mass is 261 g/mol. The first-order valence-electron chi connectivity index (χ1n) is 7.64. The first-order chi connectivity index (χ1) is 9.45. The van der Waals surface area contributed by atoms with Crippen molar-refractivity contribution in [2.75, 3.05) is 5.32 Å². The lowest BCUT2D eigenvalue weighted by atomic mass is 10.1. The summed E-state index contributed by atoms with van der Waals surface area (Å²) in [6.07, 6.45) is 8.88. The highest BCUT2D eigenvalue weighted by atomic mass is 14.9. The Balaban J connectivity index is 0. The van der Waals surface area contributed by atoms with Crippen molar-refractivity contribution >= 4 is 5.69 Å². The van der Waals surface area contributed by atoms with Crippen LogP contribution in [0.3, 0.4) is 0 Å². The summed E-state index contributed by atoms with van der Waals surface area (Å²) >= 11 is 0. The van der Waals surface area contributed by atoms with Crippen LogP contribution in [0.5, 0.6) is 0 Å². The average Bonchev–Trinajstić information content (AvgIpc) is 2.55. The molecular formula is C18H31N. The van der Waals surface area contributed by atoms with Crippen LogP contribution in [0.25, 0.3) is 0 Å². The highest BCUT2D eigenvalue weighted by molar-refractivity contribution is 5.50. The minimum Gasteiger partial charge on any atom is -0.356 e. The third kappa shape index (κ3) is 10.1. The molecule has 0 aromatic heterocycles. The molecule has 1 aliphatic rings. The fraction of sp³-hybridized carbons (Fsp3) is 0.444. The van der Waals surface area contributed by atoms with Crippen molar-refractivity contribution in [3.05, 3.63) is 54.3 Å². The van der Waals surface area contributed by atoms with Gasteiger partial charge in [0.15, 0.2) is 0 Å². The quantitative estimate of drug-likeness (QED) is 0.648. The van der Waals surface area contributed by atoms with Gasteiger partial charge in [0.1, 0.15) is 0 Å². The van der Waals surface area contributed by atoms with Gasteiger partial charge in [0.25, 0.3) is 0 Å². The molecule has 0 atom stereocenters. The minimum atomic E-state index is 1.14. The average molecular weight is 261 g/mol. The van der Waals surface area contributed by atoms with Gasteiger partial charge >= 0.3 is 0 Å². The van der Waals surface area contributed by atoms with E-state index in [1.807, 2.05) is 59.7 Å². The van der Waals surface area contributed by atoms with Gasteiger partial charge in [-0.2, -0.15) is 0 Å². The van der Waals surface area contributed by atoms with Crippen LogP contribution in [0.15, 0.2) is 54.3 Å². The fourth-order valence-corrected chi connectivity index (χ4v) is 1.39. The topological polar surface area (TPSA) is 12.0 Å². The van der Waals surface area contributed by atoms with Gasteiger partial charge in [0, 0.05) is 11.4 Å². The number of nitrogens with one attached hydrogen (secondary N) is 1.